The van der Waals surface area contributed by atoms with E-state index in [0.717, 1.165) is 10.9 Å². The number of aliphatic hydroxyl groups excluding tert-OH is 3. The summed E-state index contributed by atoms with van der Waals surface area (Å²) >= 11 is 0. The highest BCUT2D eigenvalue weighted by atomic mass is 16.7. The standard InChI is InChI=1S/C16H19NO7/c1-7-4-12(19)23-10-5-8(2-3-9(7)10)22-16-13(17)15(21)14(20)11(6-18)24-16/h2-5,11,13-16,18,20-21H,6,17H2,1H3/t11?,13-,14+,15?,16-/m0/s1. The molecule has 2 aromatic rings. The summed E-state index contributed by atoms with van der Waals surface area (Å²) in [7, 11) is 0. The Kier molecular flexibility index (Phi) is 4.57. The van der Waals surface area contributed by atoms with Crippen molar-refractivity contribution < 1.29 is 29.2 Å². The molecule has 0 aliphatic carbocycles. The molecule has 0 saturated carbocycles. The van der Waals surface area contributed by atoms with E-state index in [2.05, 4.69) is 0 Å². The SMILES string of the molecule is Cc1cc(=O)oc2cc(O[C@H]3OC(CO)[C@@H](O)C(O)[C@@H]3N)ccc12. The molecule has 1 saturated heterocycles. The van der Waals surface area contributed by atoms with Gasteiger partial charge in [0.15, 0.2) is 0 Å². The molecule has 0 amide bonds. The van der Waals surface area contributed by atoms with Crippen LogP contribution < -0.4 is 16.1 Å². The van der Waals surface area contributed by atoms with E-state index in [9.17, 15) is 20.1 Å². The van der Waals surface area contributed by atoms with Crippen molar-refractivity contribution in [3.63, 3.8) is 0 Å². The normalized spacial score (nSPS) is 30.5. The highest BCUT2D eigenvalue weighted by Crippen LogP contribution is 2.26. The van der Waals surface area contributed by atoms with E-state index in [4.69, 9.17) is 19.6 Å². The van der Waals surface area contributed by atoms with Gasteiger partial charge in [0, 0.05) is 17.5 Å². The maximum atomic E-state index is 11.5. The summed E-state index contributed by atoms with van der Waals surface area (Å²) in [6.07, 6.45) is -4.69. The van der Waals surface area contributed by atoms with Crippen LogP contribution in [0.5, 0.6) is 5.75 Å². The number of rotatable bonds is 3. The lowest BCUT2D eigenvalue weighted by molar-refractivity contribution is -0.239. The van der Waals surface area contributed by atoms with Crippen molar-refractivity contribution in [3.05, 3.63) is 40.2 Å². The Morgan fingerprint density at radius 3 is 2.71 bits per heavy atom. The van der Waals surface area contributed by atoms with Gasteiger partial charge in [0.05, 0.1) is 12.6 Å². The largest absolute Gasteiger partial charge is 0.463 e. The zero-order valence-electron chi connectivity index (χ0n) is 13.0. The van der Waals surface area contributed by atoms with Gasteiger partial charge in [0.2, 0.25) is 6.29 Å². The Labute approximate surface area is 137 Å². The molecule has 0 bridgehead atoms. The Bertz CT molecular complexity index is 788. The van der Waals surface area contributed by atoms with E-state index in [1.165, 1.54) is 12.1 Å². The monoisotopic (exact) mass is 337 g/mol. The van der Waals surface area contributed by atoms with E-state index in [1.807, 2.05) is 0 Å². The maximum absolute atomic E-state index is 11.5. The summed E-state index contributed by atoms with van der Waals surface area (Å²) in [6, 6.07) is 5.28. The number of fused-ring (bicyclic) bond motifs is 1. The lowest BCUT2D eigenvalue weighted by Crippen LogP contribution is -2.63. The average Bonchev–Trinajstić information content (AvgIpc) is 2.55. The highest BCUT2D eigenvalue weighted by Gasteiger charge is 2.43. The van der Waals surface area contributed by atoms with Crippen LogP contribution >= 0.6 is 0 Å². The van der Waals surface area contributed by atoms with E-state index >= 15 is 0 Å². The molecular formula is C16H19NO7. The van der Waals surface area contributed by atoms with E-state index in [-0.39, 0.29) is 0 Å². The molecule has 8 heteroatoms. The van der Waals surface area contributed by atoms with Crippen molar-refractivity contribution in [2.75, 3.05) is 6.61 Å². The Morgan fingerprint density at radius 1 is 1.25 bits per heavy atom. The molecule has 130 valence electrons. The predicted octanol–water partition coefficient (Wildman–Crippen LogP) is -0.753. The van der Waals surface area contributed by atoms with Crippen LogP contribution in [0.3, 0.4) is 0 Å². The van der Waals surface area contributed by atoms with Gasteiger partial charge < -0.3 is 34.9 Å². The molecule has 1 aromatic heterocycles. The molecule has 2 heterocycles. The molecule has 3 rings (SSSR count). The van der Waals surface area contributed by atoms with Crippen LogP contribution in [0.15, 0.2) is 33.5 Å². The summed E-state index contributed by atoms with van der Waals surface area (Å²) in [5, 5.41) is 29.7. The van der Waals surface area contributed by atoms with Crippen LogP contribution in [0.25, 0.3) is 11.0 Å². The number of nitrogens with two attached hydrogens (primary N) is 1. The smallest absolute Gasteiger partial charge is 0.336 e. The third kappa shape index (κ3) is 3.02. The van der Waals surface area contributed by atoms with Crippen LogP contribution in [0.4, 0.5) is 0 Å². The number of ether oxygens (including phenoxy) is 2. The quantitative estimate of drug-likeness (QED) is 0.537. The summed E-state index contributed by atoms with van der Waals surface area (Å²) in [5.74, 6) is 0.317. The van der Waals surface area contributed by atoms with E-state index < -0.39 is 42.9 Å². The van der Waals surface area contributed by atoms with Gasteiger partial charge in [-0.05, 0) is 24.6 Å². The van der Waals surface area contributed by atoms with Crippen LogP contribution in [0, 0.1) is 6.92 Å². The van der Waals surface area contributed by atoms with E-state index in [1.54, 1.807) is 19.1 Å². The first-order valence-corrected chi connectivity index (χ1v) is 7.50. The zero-order chi connectivity index (χ0) is 17.4. The van der Waals surface area contributed by atoms with Crippen LogP contribution in [-0.4, -0.2) is 52.6 Å². The number of aryl methyl sites for hydroxylation is 1. The minimum absolute atomic E-state index is 0.317. The molecule has 1 aliphatic heterocycles. The van der Waals surface area contributed by atoms with Gasteiger partial charge in [-0.1, -0.05) is 0 Å². The summed E-state index contributed by atoms with van der Waals surface area (Å²) in [5.41, 5.74) is 6.48. The maximum Gasteiger partial charge on any atom is 0.336 e. The van der Waals surface area contributed by atoms with Crippen molar-refractivity contribution in [1.29, 1.82) is 0 Å². The molecule has 24 heavy (non-hydrogen) atoms. The first-order chi connectivity index (χ1) is 11.4. The molecule has 5 atom stereocenters. The fourth-order valence-corrected chi connectivity index (χ4v) is 2.72. The van der Waals surface area contributed by atoms with Gasteiger partial charge in [-0.25, -0.2) is 4.79 Å². The molecule has 0 spiro atoms. The van der Waals surface area contributed by atoms with Crippen molar-refractivity contribution in [3.8, 4) is 5.75 Å². The Morgan fingerprint density at radius 2 is 2.00 bits per heavy atom. The third-order valence-electron chi connectivity index (χ3n) is 4.10. The van der Waals surface area contributed by atoms with Crippen molar-refractivity contribution >= 4 is 11.0 Å². The van der Waals surface area contributed by atoms with E-state index in [0.29, 0.717) is 11.3 Å². The third-order valence-corrected chi connectivity index (χ3v) is 4.10. The Hall–Kier alpha value is -1.97. The fraction of sp³-hybridized carbons (Fsp3) is 0.438. The van der Waals surface area contributed by atoms with Crippen molar-refractivity contribution in [1.82, 2.24) is 0 Å². The summed E-state index contributed by atoms with van der Waals surface area (Å²) < 4.78 is 16.2. The molecule has 0 radical (unpaired) electrons. The molecule has 5 N–H and O–H groups in total. The topological polar surface area (TPSA) is 135 Å². The van der Waals surface area contributed by atoms with Gasteiger partial charge in [0.25, 0.3) is 0 Å². The highest BCUT2D eigenvalue weighted by molar-refractivity contribution is 5.81. The predicted molar refractivity (Wildman–Crippen MR) is 83.6 cm³/mol. The van der Waals surface area contributed by atoms with Crippen molar-refractivity contribution in [2.24, 2.45) is 5.73 Å². The molecule has 2 unspecified atom stereocenters. The second kappa shape index (κ2) is 6.50. The minimum Gasteiger partial charge on any atom is -0.463 e. The van der Waals surface area contributed by atoms with Gasteiger partial charge in [-0.15, -0.1) is 0 Å². The summed E-state index contributed by atoms with van der Waals surface area (Å²) in [4.78, 5) is 11.5. The molecule has 1 fully saturated rings. The zero-order valence-corrected chi connectivity index (χ0v) is 13.0. The second-order valence-electron chi connectivity index (χ2n) is 5.81. The van der Waals surface area contributed by atoms with Gasteiger partial charge in [-0.3, -0.25) is 0 Å². The first kappa shape index (κ1) is 16.9. The number of aliphatic hydroxyl groups is 3. The fourth-order valence-electron chi connectivity index (χ4n) is 2.72. The van der Waals surface area contributed by atoms with Crippen LogP contribution in [-0.2, 0) is 4.74 Å². The average molecular weight is 337 g/mol. The summed E-state index contributed by atoms with van der Waals surface area (Å²) in [6.45, 7) is 1.31. The molecule has 1 aliphatic rings. The Balaban J connectivity index is 1.87. The lowest BCUT2D eigenvalue weighted by atomic mass is 9.98. The van der Waals surface area contributed by atoms with Gasteiger partial charge >= 0.3 is 5.63 Å². The van der Waals surface area contributed by atoms with Crippen molar-refractivity contribution in [2.45, 2.75) is 37.6 Å². The first-order valence-electron chi connectivity index (χ1n) is 7.50. The second-order valence-corrected chi connectivity index (χ2v) is 5.81. The molecule has 1 aromatic carbocycles. The number of benzene rings is 1. The minimum atomic E-state index is -1.30. The molecule has 8 nitrogen and oxygen atoms in total. The number of hydrogen-bond donors (Lipinski definition) is 4. The molecular weight excluding hydrogens is 318 g/mol. The van der Waals surface area contributed by atoms with Crippen LogP contribution in [0.1, 0.15) is 5.56 Å². The van der Waals surface area contributed by atoms with Crippen LogP contribution in [0.2, 0.25) is 0 Å². The number of hydrogen-bond acceptors (Lipinski definition) is 8. The van der Waals surface area contributed by atoms with Gasteiger partial charge in [-0.2, -0.15) is 0 Å². The lowest BCUT2D eigenvalue weighted by Gasteiger charge is -2.40. The van der Waals surface area contributed by atoms with Gasteiger partial charge in [0.1, 0.15) is 29.6 Å².